The maximum Gasteiger partial charge on any atom is 0.337 e. The maximum atomic E-state index is 12.2. The Kier molecular flexibility index (Phi) is 5.74. The summed E-state index contributed by atoms with van der Waals surface area (Å²) < 4.78 is 6.35. The topological polar surface area (TPSA) is 70.6 Å². The van der Waals surface area contributed by atoms with Crippen molar-refractivity contribution in [2.75, 3.05) is 13.2 Å². The van der Waals surface area contributed by atoms with Gasteiger partial charge >= 0.3 is 5.97 Å². The lowest BCUT2D eigenvalue weighted by atomic mass is 10.0. The van der Waals surface area contributed by atoms with Crippen LogP contribution in [-0.4, -0.2) is 35.4 Å². The van der Waals surface area contributed by atoms with Crippen molar-refractivity contribution in [1.82, 2.24) is 10.6 Å². The molecule has 2 heterocycles. The second-order valence-electron chi connectivity index (χ2n) is 4.48. The molecule has 1 aromatic heterocycles. The summed E-state index contributed by atoms with van der Waals surface area (Å²) in [6.07, 6.45) is 0.644. The van der Waals surface area contributed by atoms with Gasteiger partial charge in [0.05, 0.1) is 28.6 Å². The summed E-state index contributed by atoms with van der Waals surface area (Å²) in [4.78, 5) is 12.2. The van der Waals surface area contributed by atoms with Crippen LogP contribution < -0.4 is 10.6 Å². The first-order valence-electron chi connectivity index (χ1n) is 6.31. The van der Waals surface area contributed by atoms with Crippen LogP contribution in [-0.2, 0) is 16.0 Å². The molecule has 0 fully saturated rings. The quantitative estimate of drug-likeness (QED) is 0.525. The van der Waals surface area contributed by atoms with E-state index in [9.17, 15) is 9.90 Å². The van der Waals surface area contributed by atoms with Crippen molar-refractivity contribution < 1.29 is 14.6 Å². The van der Waals surface area contributed by atoms with Crippen molar-refractivity contribution in [1.29, 1.82) is 0 Å². The average molecular weight is 391 g/mol. The van der Waals surface area contributed by atoms with Crippen LogP contribution in [0, 0.1) is 0 Å². The van der Waals surface area contributed by atoms with Gasteiger partial charge in [-0.15, -0.1) is 11.3 Å². The predicted octanol–water partition coefficient (Wildman–Crippen LogP) is 1.71. The molecule has 0 amide bonds. The van der Waals surface area contributed by atoms with E-state index in [4.69, 9.17) is 17.0 Å². The van der Waals surface area contributed by atoms with E-state index in [1.165, 1.54) is 0 Å². The number of nitrogens with one attached hydrogen (secondary N) is 2. The fourth-order valence-electron chi connectivity index (χ4n) is 2.03. The predicted molar refractivity (Wildman–Crippen MR) is 89.1 cm³/mol. The van der Waals surface area contributed by atoms with Crippen LogP contribution in [0.5, 0.6) is 0 Å². The van der Waals surface area contributed by atoms with E-state index in [2.05, 4.69) is 26.6 Å². The molecule has 0 bridgehead atoms. The number of esters is 1. The number of hydrogen-bond acceptors (Lipinski definition) is 5. The molecule has 2 rings (SSSR count). The zero-order valence-corrected chi connectivity index (χ0v) is 14.5. The molecule has 8 heteroatoms. The molecule has 0 saturated heterocycles. The normalized spacial score (nSPS) is 18.2. The van der Waals surface area contributed by atoms with Crippen LogP contribution in [0.15, 0.2) is 26.5 Å². The Bertz CT molecular complexity index is 586. The highest BCUT2D eigenvalue weighted by molar-refractivity contribution is 9.11. The lowest BCUT2D eigenvalue weighted by Gasteiger charge is -2.28. The van der Waals surface area contributed by atoms with Crippen molar-refractivity contribution in [3.8, 4) is 0 Å². The summed E-state index contributed by atoms with van der Waals surface area (Å²) >= 11 is 10.0. The Balaban J connectivity index is 1.97. The van der Waals surface area contributed by atoms with Crippen molar-refractivity contribution in [2.24, 2.45) is 0 Å². The molecule has 0 spiro atoms. The summed E-state index contributed by atoms with van der Waals surface area (Å²) in [5, 5.41) is 17.4. The van der Waals surface area contributed by atoms with E-state index < -0.39 is 12.0 Å². The van der Waals surface area contributed by atoms with Crippen molar-refractivity contribution >= 4 is 50.6 Å². The first-order valence-corrected chi connectivity index (χ1v) is 8.39. The standard InChI is InChI=1S/C13H15BrN2O3S2/c1-7-10(9(6-17)16-13(20)15-7)12(18)19-4-2-8-3-5-21-11(8)14/h3,5,9,17H,2,4,6H2,1H3,(H2,15,16,20). The van der Waals surface area contributed by atoms with E-state index in [0.29, 0.717) is 22.8 Å². The summed E-state index contributed by atoms with van der Waals surface area (Å²) in [7, 11) is 0. The highest BCUT2D eigenvalue weighted by atomic mass is 79.9. The van der Waals surface area contributed by atoms with Gasteiger partial charge in [0, 0.05) is 12.1 Å². The minimum absolute atomic E-state index is 0.223. The zero-order chi connectivity index (χ0) is 15.4. The van der Waals surface area contributed by atoms with Crippen LogP contribution in [0.1, 0.15) is 12.5 Å². The van der Waals surface area contributed by atoms with Gasteiger partial charge in [-0.05, 0) is 52.1 Å². The molecular formula is C13H15BrN2O3S2. The van der Waals surface area contributed by atoms with Gasteiger partial charge in [0.25, 0.3) is 0 Å². The smallest absolute Gasteiger partial charge is 0.337 e. The summed E-state index contributed by atoms with van der Waals surface area (Å²) in [6, 6.07) is 1.46. The first-order chi connectivity index (χ1) is 10.0. The lowest BCUT2D eigenvalue weighted by Crippen LogP contribution is -2.51. The summed E-state index contributed by atoms with van der Waals surface area (Å²) in [5.74, 6) is -0.444. The van der Waals surface area contributed by atoms with Crippen LogP contribution >= 0.6 is 39.5 Å². The number of halogens is 1. The fraction of sp³-hybridized carbons (Fsp3) is 0.385. The monoisotopic (exact) mass is 390 g/mol. The Morgan fingerprint density at radius 1 is 1.62 bits per heavy atom. The third kappa shape index (κ3) is 4.03. The second-order valence-corrected chi connectivity index (χ2v) is 7.12. The summed E-state index contributed by atoms with van der Waals surface area (Å²) in [5.41, 5.74) is 2.10. The largest absolute Gasteiger partial charge is 0.462 e. The Labute approximate surface area is 140 Å². The summed E-state index contributed by atoms with van der Waals surface area (Å²) in [6.45, 7) is 1.80. The van der Waals surface area contributed by atoms with Crippen molar-refractivity contribution in [2.45, 2.75) is 19.4 Å². The third-order valence-electron chi connectivity index (χ3n) is 3.06. The van der Waals surface area contributed by atoms with Crippen molar-refractivity contribution in [3.05, 3.63) is 32.1 Å². The van der Waals surface area contributed by atoms with Gasteiger partial charge in [-0.3, -0.25) is 0 Å². The molecule has 114 valence electrons. The van der Waals surface area contributed by atoms with E-state index in [-0.39, 0.29) is 13.2 Å². The number of aliphatic hydroxyl groups excluding tert-OH is 1. The van der Waals surface area contributed by atoms with Gasteiger partial charge in [-0.1, -0.05) is 0 Å². The highest BCUT2D eigenvalue weighted by Gasteiger charge is 2.29. The molecule has 1 aromatic rings. The van der Waals surface area contributed by atoms with Gasteiger partial charge in [-0.25, -0.2) is 4.79 Å². The highest BCUT2D eigenvalue weighted by Crippen LogP contribution is 2.24. The van der Waals surface area contributed by atoms with Crippen LogP contribution in [0.2, 0.25) is 0 Å². The first kappa shape index (κ1) is 16.4. The molecule has 5 nitrogen and oxygen atoms in total. The SMILES string of the molecule is CC1=C(C(=O)OCCc2ccsc2Br)C(CO)NC(=S)N1. The number of allylic oxidation sites excluding steroid dienone is 1. The fourth-order valence-corrected chi connectivity index (χ4v) is 3.65. The molecule has 21 heavy (non-hydrogen) atoms. The molecule has 0 aliphatic carbocycles. The number of thiophene rings is 1. The van der Waals surface area contributed by atoms with Gasteiger partial charge in [-0.2, -0.15) is 0 Å². The zero-order valence-electron chi connectivity index (χ0n) is 11.3. The molecular weight excluding hydrogens is 376 g/mol. The van der Waals surface area contributed by atoms with Gasteiger partial charge < -0.3 is 20.5 Å². The number of carbonyl (C=O) groups excluding carboxylic acids is 1. The average Bonchev–Trinajstić information content (AvgIpc) is 2.83. The minimum atomic E-state index is -0.529. The number of aliphatic hydroxyl groups is 1. The molecule has 3 N–H and O–H groups in total. The van der Waals surface area contributed by atoms with Crippen LogP contribution in [0.4, 0.5) is 0 Å². The van der Waals surface area contributed by atoms with E-state index in [1.54, 1.807) is 18.3 Å². The number of carbonyl (C=O) groups is 1. The Morgan fingerprint density at radius 3 is 3.00 bits per heavy atom. The Morgan fingerprint density at radius 2 is 2.38 bits per heavy atom. The second kappa shape index (κ2) is 7.35. The number of rotatable bonds is 5. The minimum Gasteiger partial charge on any atom is -0.462 e. The number of thiocarbonyl (C=S) groups is 1. The molecule has 1 atom stereocenters. The third-order valence-corrected chi connectivity index (χ3v) is 5.09. The van der Waals surface area contributed by atoms with E-state index in [0.717, 1.165) is 9.35 Å². The number of hydrogen-bond donors (Lipinski definition) is 3. The van der Waals surface area contributed by atoms with Gasteiger partial charge in [0.2, 0.25) is 0 Å². The molecule has 0 radical (unpaired) electrons. The van der Waals surface area contributed by atoms with E-state index in [1.807, 2.05) is 11.4 Å². The van der Waals surface area contributed by atoms with Gasteiger partial charge in [0.15, 0.2) is 5.11 Å². The molecule has 0 aromatic carbocycles. The Hall–Kier alpha value is -0.960. The number of ether oxygens (including phenoxy) is 1. The van der Waals surface area contributed by atoms with Gasteiger partial charge in [0.1, 0.15) is 0 Å². The van der Waals surface area contributed by atoms with E-state index >= 15 is 0 Å². The van der Waals surface area contributed by atoms with Crippen molar-refractivity contribution in [3.63, 3.8) is 0 Å². The van der Waals surface area contributed by atoms with Crippen LogP contribution in [0.25, 0.3) is 0 Å². The van der Waals surface area contributed by atoms with Crippen LogP contribution in [0.3, 0.4) is 0 Å². The molecule has 0 saturated carbocycles. The maximum absolute atomic E-state index is 12.2. The lowest BCUT2D eigenvalue weighted by molar-refractivity contribution is -0.139. The molecule has 1 unspecified atom stereocenters. The molecule has 1 aliphatic heterocycles. The molecule has 1 aliphatic rings.